The fraction of sp³-hybridized carbons (Fsp3) is 0.429. The average molecular weight is 384 g/mol. The maximum Gasteiger partial charge on any atom is 0.233 e. The summed E-state index contributed by atoms with van der Waals surface area (Å²) in [5, 5.41) is 19.3. The number of aryl methyl sites for hydroxylation is 1. The molecule has 1 atom stereocenters. The number of halogens is 1. The van der Waals surface area contributed by atoms with Gasteiger partial charge in [0.15, 0.2) is 0 Å². The molecule has 0 saturated heterocycles. The molecule has 148 valence electrons. The molecule has 2 heterocycles. The number of benzene rings is 1. The third kappa shape index (κ3) is 3.80. The van der Waals surface area contributed by atoms with Crippen molar-refractivity contribution in [2.75, 3.05) is 7.11 Å². The summed E-state index contributed by atoms with van der Waals surface area (Å²) in [6, 6.07) is 6.22. The Bertz CT molecular complexity index is 988. The Labute approximate surface area is 163 Å². The van der Waals surface area contributed by atoms with Crippen molar-refractivity contribution in [1.29, 1.82) is 0 Å². The molecule has 1 N–H and O–H groups in total. The molecule has 3 aromatic rings. The Hall–Kier alpha value is -2.67. The van der Waals surface area contributed by atoms with Crippen molar-refractivity contribution >= 4 is 0 Å². The van der Waals surface area contributed by atoms with E-state index in [0.717, 1.165) is 29.4 Å². The molecule has 1 unspecified atom stereocenters. The first-order valence-electron chi connectivity index (χ1n) is 9.58. The predicted molar refractivity (Wildman–Crippen MR) is 103 cm³/mol. The van der Waals surface area contributed by atoms with Gasteiger partial charge in [-0.25, -0.2) is 9.07 Å². The molecular formula is C21H25FN4O2. The lowest BCUT2D eigenvalue weighted by atomic mass is 10.1. The minimum absolute atomic E-state index is 0.391. The number of aromatic nitrogens is 4. The van der Waals surface area contributed by atoms with Crippen LogP contribution in [-0.4, -0.2) is 31.8 Å². The highest BCUT2D eigenvalue weighted by Crippen LogP contribution is 2.31. The summed E-state index contributed by atoms with van der Waals surface area (Å²) < 4.78 is 22.8. The van der Waals surface area contributed by atoms with Gasteiger partial charge < -0.3 is 9.84 Å². The number of aliphatic hydroxyl groups is 1. The molecular weight excluding hydrogens is 359 g/mol. The van der Waals surface area contributed by atoms with Crippen LogP contribution in [0.4, 0.5) is 4.39 Å². The number of aliphatic hydroxyl groups excluding tert-OH is 1. The Morgan fingerprint density at radius 1 is 1.29 bits per heavy atom. The summed E-state index contributed by atoms with van der Waals surface area (Å²) in [4.78, 5) is 0. The molecule has 1 fully saturated rings. The normalized spacial score (nSPS) is 15.0. The summed E-state index contributed by atoms with van der Waals surface area (Å²) in [5.74, 6) is 0.835. The van der Waals surface area contributed by atoms with E-state index in [1.807, 2.05) is 17.7 Å². The molecule has 7 heteroatoms. The third-order valence-corrected chi connectivity index (χ3v) is 5.20. The number of hydrogen-bond acceptors (Lipinski definition) is 4. The van der Waals surface area contributed by atoms with E-state index in [1.165, 1.54) is 25.0 Å². The molecule has 0 aliphatic heterocycles. The van der Waals surface area contributed by atoms with Crippen LogP contribution in [0.3, 0.4) is 0 Å². The quantitative estimate of drug-likeness (QED) is 0.676. The smallest absolute Gasteiger partial charge is 0.233 e. The van der Waals surface area contributed by atoms with E-state index < -0.39 is 11.9 Å². The van der Waals surface area contributed by atoms with Gasteiger partial charge in [0, 0.05) is 30.8 Å². The first kappa shape index (κ1) is 18.7. The number of ether oxygens (including phenoxy) is 1. The van der Waals surface area contributed by atoms with Gasteiger partial charge in [0.2, 0.25) is 5.88 Å². The molecule has 0 spiro atoms. The molecule has 1 aromatic carbocycles. The Kier molecular flexibility index (Phi) is 4.93. The summed E-state index contributed by atoms with van der Waals surface area (Å²) in [5.41, 5.74) is 4.11. The number of hydrogen-bond donors (Lipinski definition) is 1. The van der Waals surface area contributed by atoms with Crippen molar-refractivity contribution in [3.63, 3.8) is 0 Å². The first-order chi connectivity index (χ1) is 13.4. The van der Waals surface area contributed by atoms with E-state index in [4.69, 9.17) is 4.74 Å². The molecule has 2 aromatic heterocycles. The van der Waals surface area contributed by atoms with E-state index >= 15 is 0 Å². The summed E-state index contributed by atoms with van der Waals surface area (Å²) in [6.07, 6.45) is 4.45. The maximum atomic E-state index is 13.7. The van der Waals surface area contributed by atoms with E-state index in [9.17, 15) is 9.50 Å². The minimum Gasteiger partial charge on any atom is -0.480 e. The van der Waals surface area contributed by atoms with Crippen LogP contribution in [0.2, 0.25) is 0 Å². The molecule has 1 saturated carbocycles. The Morgan fingerprint density at radius 2 is 2.07 bits per heavy atom. The van der Waals surface area contributed by atoms with Gasteiger partial charge in [0.25, 0.3) is 0 Å². The van der Waals surface area contributed by atoms with Gasteiger partial charge in [-0.05, 0) is 56.4 Å². The van der Waals surface area contributed by atoms with E-state index in [0.29, 0.717) is 23.6 Å². The van der Waals surface area contributed by atoms with Crippen LogP contribution in [-0.2, 0) is 13.0 Å². The second-order valence-electron chi connectivity index (χ2n) is 7.55. The highest BCUT2D eigenvalue weighted by atomic mass is 19.1. The molecule has 1 aliphatic rings. The second kappa shape index (κ2) is 7.39. The number of nitrogens with zero attached hydrogens (tertiary/aromatic N) is 4. The zero-order chi connectivity index (χ0) is 19.8. The lowest BCUT2D eigenvalue weighted by molar-refractivity contribution is 0.198. The lowest BCUT2D eigenvalue weighted by Crippen LogP contribution is -2.08. The SMILES string of the molecule is COc1cc(Cc2cn(CC3CC3)nc2C)n(-c2ccc(F)cc2C(C)O)n1. The molecule has 0 radical (unpaired) electrons. The number of rotatable bonds is 7. The van der Waals surface area contributed by atoms with E-state index in [2.05, 4.69) is 16.4 Å². The maximum absolute atomic E-state index is 13.7. The summed E-state index contributed by atoms with van der Waals surface area (Å²) in [6.45, 7) is 4.59. The van der Waals surface area contributed by atoms with Gasteiger partial charge in [0.05, 0.1) is 30.3 Å². The van der Waals surface area contributed by atoms with E-state index in [1.54, 1.807) is 24.8 Å². The first-order valence-corrected chi connectivity index (χ1v) is 9.58. The third-order valence-electron chi connectivity index (χ3n) is 5.20. The van der Waals surface area contributed by atoms with Crippen LogP contribution in [0.1, 0.15) is 48.4 Å². The van der Waals surface area contributed by atoms with Gasteiger partial charge in [-0.15, -0.1) is 5.10 Å². The van der Waals surface area contributed by atoms with Crippen molar-refractivity contribution in [2.45, 2.75) is 45.8 Å². The highest BCUT2D eigenvalue weighted by molar-refractivity contribution is 5.45. The van der Waals surface area contributed by atoms with Crippen LogP contribution in [0.15, 0.2) is 30.5 Å². The summed E-state index contributed by atoms with van der Waals surface area (Å²) in [7, 11) is 1.57. The zero-order valence-electron chi connectivity index (χ0n) is 16.4. The molecule has 4 rings (SSSR count). The van der Waals surface area contributed by atoms with Gasteiger partial charge >= 0.3 is 0 Å². The van der Waals surface area contributed by atoms with Crippen LogP contribution in [0.5, 0.6) is 5.88 Å². The lowest BCUT2D eigenvalue weighted by Gasteiger charge is -2.14. The average Bonchev–Trinajstić information content (AvgIpc) is 3.27. The van der Waals surface area contributed by atoms with Crippen LogP contribution in [0.25, 0.3) is 5.69 Å². The Balaban J connectivity index is 1.71. The summed E-state index contributed by atoms with van der Waals surface area (Å²) >= 11 is 0. The molecule has 0 bridgehead atoms. The van der Waals surface area contributed by atoms with Crippen LogP contribution < -0.4 is 4.74 Å². The fourth-order valence-electron chi connectivity index (χ4n) is 3.47. The van der Waals surface area contributed by atoms with E-state index in [-0.39, 0.29) is 0 Å². The fourth-order valence-corrected chi connectivity index (χ4v) is 3.47. The minimum atomic E-state index is -0.822. The molecule has 1 aliphatic carbocycles. The Morgan fingerprint density at radius 3 is 2.75 bits per heavy atom. The van der Waals surface area contributed by atoms with Gasteiger partial charge in [0.1, 0.15) is 5.82 Å². The topological polar surface area (TPSA) is 65.1 Å². The van der Waals surface area contributed by atoms with Gasteiger partial charge in [-0.1, -0.05) is 0 Å². The van der Waals surface area contributed by atoms with Crippen LogP contribution in [0, 0.1) is 18.7 Å². The standard InChI is InChI=1S/C21H25FN4O2/c1-13-16(12-25(23-13)11-15-4-5-15)8-18-10-21(28-3)24-26(18)20-7-6-17(22)9-19(20)14(2)27/h6-7,9-10,12,14-15,27H,4-5,8,11H2,1-3H3. The monoisotopic (exact) mass is 384 g/mol. The zero-order valence-corrected chi connectivity index (χ0v) is 16.4. The van der Waals surface area contributed by atoms with Crippen molar-refractivity contribution in [3.8, 4) is 11.6 Å². The van der Waals surface area contributed by atoms with Crippen molar-refractivity contribution in [1.82, 2.24) is 19.6 Å². The molecule has 0 amide bonds. The van der Waals surface area contributed by atoms with Crippen molar-refractivity contribution in [2.24, 2.45) is 5.92 Å². The van der Waals surface area contributed by atoms with Crippen LogP contribution >= 0.6 is 0 Å². The highest BCUT2D eigenvalue weighted by Gasteiger charge is 2.23. The van der Waals surface area contributed by atoms with Gasteiger partial charge in [-0.2, -0.15) is 5.10 Å². The second-order valence-corrected chi connectivity index (χ2v) is 7.55. The molecule has 28 heavy (non-hydrogen) atoms. The predicted octanol–water partition coefficient (Wildman–Crippen LogP) is 3.58. The van der Waals surface area contributed by atoms with Gasteiger partial charge in [-0.3, -0.25) is 4.68 Å². The number of methoxy groups -OCH3 is 1. The molecule has 6 nitrogen and oxygen atoms in total. The van der Waals surface area contributed by atoms with Crippen molar-refractivity contribution in [3.05, 3.63) is 58.8 Å². The van der Waals surface area contributed by atoms with Crippen molar-refractivity contribution < 1.29 is 14.2 Å². The largest absolute Gasteiger partial charge is 0.480 e.